The number of carbonyl (C=O) groups excluding carboxylic acids is 3. The van der Waals surface area contributed by atoms with E-state index < -0.39 is 27.9 Å². The number of pyridine rings is 1. The molecule has 3 amide bonds. The zero-order valence-electron chi connectivity index (χ0n) is 19.2. The second-order valence-corrected chi connectivity index (χ2v) is 10.1. The number of imide groups is 1. The summed E-state index contributed by atoms with van der Waals surface area (Å²) in [5.41, 5.74) is 2.37. The minimum absolute atomic E-state index is 0.0653. The predicted molar refractivity (Wildman–Crippen MR) is 130 cm³/mol. The molecule has 0 saturated carbocycles. The second kappa shape index (κ2) is 9.77. The fourth-order valence-corrected chi connectivity index (χ4v) is 5.46. The summed E-state index contributed by atoms with van der Waals surface area (Å²) in [7, 11) is -4.20. The minimum Gasteiger partial charge on any atom is -0.326 e. The van der Waals surface area contributed by atoms with Crippen LogP contribution in [0, 0.1) is 6.92 Å². The molecule has 35 heavy (non-hydrogen) atoms. The third kappa shape index (κ3) is 5.13. The molecule has 10 heteroatoms. The van der Waals surface area contributed by atoms with Crippen LogP contribution in [0.3, 0.4) is 0 Å². The molecule has 1 fully saturated rings. The predicted octanol–water partition coefficient (Wildman–Crippen LogP) is 2.87. The fourth-order valence-electron chi connectivity index (χ4n) is 3.89. The van der Waals surface area contributed by atoms with Crippen molar-refractivity contribution in [2.75, 3.05) is 10.2 Å². The first kappa shape index (κ1) is 24.2. The normalized spacial score (nSPS) is 16.1. The molecule has 3 aromatic rings. The van der Waals surface area contributed by atoms with Crippen molar-refractivity contribution in [2.24, 2.45) is 0 Å². The van der Waals surface area contributed by atoms with Gasteiger partial charge in [0.2, 0.25) is 21.8 Å². The van der Waals surface area contributed by atoms with Gasteiger partial charge in [-0.25, -0.2) is 13.3 Å². The highest BCUT2D eigenvalue weighted by molar-refractivity contribution is 7.89. The Bertz CT molecular complexity index is 1360. The number of hydrogen-bond donors (Lipinski definition) is 1. The Balaban J connectivity index is 1.71. The van der Waals surface area contributed by atoms with Gasteiger partial charge in [-0.2, -0.15) is 4.31 Å². The summed E-state index contributed by atoms with van der Waals surface area (Å²) in [6, 6.07) is 14.7. The van der Waals surface area contributed by atoms with Crippen molar-refractivity contribution in [3.05, 3.63) is 84.2 Å². The molecule has 4 rings (SSSR count). The highest BCUT2D eigenvalue weighted by Gasteiger charge is 2.47. The number of nitrogens with zero attached hydrogens (tertiary/aromatic N) is 3. The van der Waals surface area contributed by atoms with E-state index >= 15 is 0 Å². The number of amides is 3. The van der Waals surface area contributed by atoms with Crippen molar-refractivity contribution in [3.8, 4) is 0 Å². The fraction of sp³-hybridized carbons (Fsp3) is 0.200. The van der Waals surface area contributed by atoms with Gasteiger partial charge in [-0.3, -0.25) is 19.4 Å². The summed E-state index contributed by atoms with van der Waals surface area (Å²) in [6.07, 6.45) is 2.80. The number of sulfonamides is 1. The van der Waals surface area contributed by atoms with Crippen LogP contribution in [0.4, 0.5) is 11.4 Å². The molecule has 0 radical (unpaired) electrons. The Morgan fingerprint density at radius 2 is 1.77 bits per heavy atom. The Kier molecular flexibility index (Phi) is 6.77. The summed E-state index contributed by atoms with van der Waals surface area (Å²) in [5, 5.41) is 2.59. The molecule has 1 N–H and O–H groups in total. The van der Waals surface area contributed by atoms with E-state index in [-0.39, 0.29) is 23.8 Å². The third-order valence-electron chi connectivity index (χ3n) is 5.61. The van der Waals surface area contributed by atoms with E-state index in [4.69, 9.17) is 0 Å². The van der Waals surface area contributed by atoms with E-state index in [1.165, 1.54) is 37.4 Å². The lowest BCUT2D eigenvalue weighted by Crippen LogP contribution is -2.45. The lowest BCUT2D eigenvalue weighted by atomic mass is 10.2. The third-order valence-corrected chi connectivity index (χ3v) is 7.47. The number of rotatable bonds is 7. The molecule has 1 saturated heterocycles. The van der Waals surface area contributed by atoms with Crippen LogP contribution in [-0.4, -0.2) is 41.5 Å². The van der Waals surface area contributed by atoms with Gasteiger partial charge in [-0.1, -0.05) is 23.8 Å². The first-order chi connectivity index (χ1) is 16.7. The van der Waals surface area contributed by atoms with E-state index in [1.54, 1.807) is 42.6 Å². The average Bonchev–Trinajstić information content (AvgIpc) is 3.12. The number of hydrogen-bond acceptors (Lipinski definition) is 6. The zero-order chi connectivity index (χ0) is 25.2. The molecule has 1 aliphatic heterocycles. The van der Waals surface area contributed by atoms with Gasteiger partial charge in [-0.15, -0.1) is 0 Å². The molecule has 1 aliphatic rings. The number of aromatic nitrogens is 1. The highest BCUT2D eigenvalue weighted by Crippen LogP contribution is 2.31. The van der Waals surface area contributed by atoms with Gasteiger partial charge in [0.05, 0.1) is 17.0 Å². The highest BCUT2D eigenvalue weighted by atomic mass is 32.2. The van der Waals surface area contributed by atoms with E-state index in [9.17, 15) is 22.8 Å². The Morgan fingerprint density at radius 1 is 1.09 bits per heavy atom. The number of carbonyl (C=O) groups is 3. The summed E-state index contributed by atoms with van der Waals surface area (Å²) in [5.74, 6) is -1.37. The molecule has 1 atom stereocenters. The maximum absolute atomic E-state index is 13.7. The molecule has 2 aromatic carbocycles. The van der Waals surface area contributed by atoms with Crippen LogP contribution in [0.5, 0.6) is 0 Å². The van der Waals surface area contributed by atoms with E-state index in [1.807, 2.05) is 6.92 Å². The van der Waals surface area contributed by atoms with E-state index in [0.29, 0.717) is 16.9 Å². The average molecular weight is 493 g/mol. The zero-order valence-corrected chi connectivity index (χ0v) is 20.0. The summed E-state index contributed by atoms with van der Waals surface area (Å²) in [4.78, 5) is 42.6. The first-order valence-electron chi connectivity index (χ1n) is 10.9. The van der Waals surface area contributed by atoms with Gasteiger partial charge >= 0.3 is 0 Å². The van der Waals surface area contributed by atoms with Crippen LogP contribution in [0.25, 0.3) is 0 Å². The summed E-state index contributed by atoms with van der Waals surface area (Å²) >= 11 is 0. The molecule has 1 unspecified atom stereocenters. The Hall–Kier alpha value is -3.89. The molecule has 0 aliphatic carbocycles. The Morgan fingerprint density at radius 3 is 2.37 bits per heavy atom. The lowest BCUT2D eigenvalue weighted by Gasteiger charge is -2.27. The maximum Gasteiger partial charge on any atom is 0.252 e. The second-order valence-electron chi connectivity index (χ2n) is 8.24. The monoisotopic (exact) mass is 492 g/mol. The van der Waals surface area contributed by atoms with Crippen molar-refractivity contribution in [1.29, 1.82) is 0 Å². The molecular formula is C25H24N4O5S. The van der Waals surface area contributed by atoms with Crippen molar-refractivity contribution in [3.63, 3.8) is 0 Å². The molecule has 9 nitrogen and oxygen atoms in total. The number of nitrogens with one attached hydrogen (secondary N) is 1. The molecule has 0 spiro atoms. The van der Waals surface area contributed by atoms with Crippen molar-refractivity contribution >= 4 is 39.1 Å². The molecule has 1 aromatic heterocycles. The minimum atomic E-state index is -4.20. The molecule has 180 valence electrons. The smallest absolute Gasteiger partial charge is 0.252 e. The van der Waals surface area contributed by atoms with Crippen LogP contribution < -0.4 is 10.2 Å². The van der Waals surface area contributed by atoms with Crippen molar-refractivity contribution in [1.82, 2.24) is 9.29 Å². The summed E-state index contributed by atoms with van der Waals surface area (Å²) < 4.78 is 28.5. The Labute approximate surface area is 203 Å². The van der Waals surface area contributed by atoms with Gasteiger partial charge in [-0.05, 0) is 55.0 Å². The van der Waals surface area contributed by atoms with Crippen molar-refractivity contribution in [2.45, 2.75) is 37.8 Å². The van der Waals surface area contributed by atoms with Gasteiger partial charge in [0.15, 0.2) is 0 Å². The molecule has 0 bridgehead atoms. The van der Waals surface area contributed by atoms with Crippen LogP contribution in [-0.2, 0) is 31.0 Å². The van der Waals surface area contributed by atoms with Crippen molar-refractivity contribution < 1.29 is 22.8 Å². The maximum atomic E-state index is 13.7. The summed E-state index contributed by atoms with van der Waals surface area (Å²) in [6.45, 7) is 3.09. The van der Waals surface area contributed by atoms with E-state index in [2.05, 4.69) is 10.3 Å². The van der Waals surface area contributed by atoms with Crippen LogP contribution >= 0.6 is 0 Å². The van der Waals surface area contributed by atoms with Gasteiger partial charge in [0.1, 0.15) is 6.04 Å². The lowest BCUT2D eigenvalue weighted by molar-refractivity contribution is -0.122. The largest absolute Gasteiger partial charge is 0.326 e. The molecule has 2 heterocycles. The standard InChI is InChI=1S/C25H24N4O5S/c1-17-5-9-21(10-6-17)29-24(31)14-23(25(29)32)28(16-19-4-3-13-26-15-19)35(33,34)22-11-7-20(8-12-22)27-18(2)30/h3-13,15,23H,14,16H2,1-2H3,(H,27,30). The number of aryl methyl sites for hydroxylation is 1. The van der Waals surface area contributed by atoms with E-state index in [0.717, 1.165) is 14.8 Å². The van der Waals surface area contributed by atoms with Crippen LogP contribution in [0.2, 0.25) is 0 Å². The van der Waals surface area contributed by atoms with Crippen LogP contribution in [0.1, 0.15) is 24.5 Å². The quantitative estimate of drug-likeness (QED) is 0.507. The van der Waals surface area contributed by atoms with Gasteiger partial charge in [0, 0.05) is 31.5 Å². The number of anilines is 2. The number of benzene rings is 2. The van der Waals surface area contributed by atoms with Gasteiger partial charge < -0.3 is 5.32 Å². The van der Waals surface area contributed by atoms with Crippen LogP contribution in [0.15, 0.2) is 78.0 Å². The van der Waals surface area contributed by atoms with Gasteiger partial charge in [0.25, 0.3) is 5.91 Å². The molecular weight excluding hydrogens is 468 g/mol. The topological polar surface area (TPSA) is 117 Å². The SMILES string of the molecule is CC(=O)Nc1ccc(S(=O)(=O)N(Cc2cccnc2)C2CC(=O)N(c3ccc(C)cc3)C2=O)cc1. The first-order valence-corrected chi connectivity index (χ1v) is 12.3.